The first-order chi connectivity index (χ1) is 15.0. The zero-order valence-electron chi connectivity index (χ0n) is 17.4. The van der Waals surface area contributed by atoms with Crippen LogP contribution in [0.15, 0.2) is 53.4 Å². The van der Waals surface area contributed by atoms with Crippen LogP contribution in [-0.4, -0.2) is 63.3 Å². The average Bonchev–Trinajstić information content (AvgIpc) is 3.23. The third-order valence-corrected chi connectivity index (χ3v) is 8.29. The van der Waals surface area contributed by atoms with Crippen molar-refractivity contribution in [3.8, 4) is 5.75 Å². The fraction of sp³-hybridized carbons (Fsp3) is 0.364. The van der Waals surface area contributed by atoms with Gasteiger partial charge in [0.25, 0.3) is 0 Å². The van der Waals surface area contributed by atoms with E-state index in [1.807, 2.05) is 23.1 Å². The first kappa shape index (κ1) is 21.6. The molecule has 1 aromatic heterocycles. The highest BCUT2D eigenvalue weighted by Crippen LogP contribution is 2.31. The van der Waals surface area contributed by atoms with Gasteiger partial charge in [0.15, 0.2) is 15.0 Å². The largest absolute Gasteiger partial charge is 0.497 e. The Morgan fingerprint density at radius 3 is 2.55 bits per heavy atom. The molecule has 2 heterocycles. The number of carbonyl (C=O) groups is 1. The minimum absolute atomic E-state index is 0.0111. The van der Waals surface area contributed by atoms with Crippen LogP contribution in [0.2, 0.25) is 0 Å². The maximum Gasteiger partial charge on any atom is 0.222 e. The second-order valence-electron chi connectivity index (χ2n) is 7.43. The number of rotatable bonds is 7. The molecule has 0 atom stereocenters. The van der Waals surface area contributed by atoms with E-state index >= 15 is 0 Å². The van der Waals surface area contributed by atoms with Crippen molar-refractivity contribution in [2.75, 3.05) is 43.9 Å². The topological polar surface area (TPSA) is 79.8 Å². The summed E-state index contributed by atoms with van der Waals surface area (Å²) in [5, 5.41) is 0.948. The summed E-state index contributed by atoms with van der Waals surface area (Å²) in [6, 6.07) is 14.2. The molecule has 164 valence electrons. The lowest BCUT2D eigenvalue weighted by molar-refractivity contribution is -0.131. The van der Waals surface area contributed by atoms with Crippen LogP contribution in [0.5, 0.6) is 5.75 Å². The van der Waals surface area contributed by atoms with E-state index in [4.69, 9.17) is 9.72 Å². The molecule has 0 radical (unpaired) electrons. The lowest BCUT2D eigenvalue weighted by atomic mass is 10.2. The van der Waals surface area contributed by atoms with E-state index in [0.29, 0.717) is 37.5 Å². The second-order valence-corrected chi connectivity index (χ2v) is 10.6. The number of piperazine rings is 1. The number of hydrogen-bond donors (Lipinski definition) is 0. The van der Waals surface area contributed by atoms with Gasteiger partial charge in [-0.25, -0.2) is 13.4 Å². The predicted octanol–water partition coefficient (Wildman–Crippen LogP) is 3.21. The van der Waals surface area contributed by atoms with Gasteiger partial charge in [-0.05, 0) is 36.8 Å². The number of anilines is 1. The van der Waals surface area contributed by atoms with Crippen LogP contribution < -0.4 is 9.64 Å². The fourth-order valence-corrected chi connectivity index (χ4v) is 6.00. The van der Waals surface area contributed by atoms with Crippen LogP contribution >= 0.6 is 11.3 Å². The van der Waals surface area contributed by atoms with Gasteiger partial charge in [-0.15, -0.1) is 0 Å². The van der Waals surface area contributed by atoms with Crippen LogP contribution in [0, 0.1) is 0 Å². The molecule has 1 fully saturated rings. The maximum absolute atomic E-state index is 12.6. The fourth-order valence-electron chi connectivity index (χ4n) is 3.62. The minimum atomic E-state index is -3.34. The number of sulfone groups is 1. The van der Waals surface area contributed by atoms with Gasteiger partial charge >= 0.3 is 0 Å². The van der Waals surface area contributed by atoms with Crippen molar-refractivity contribution in [1.82, 2.24) is 9.88 Å². The number of methoxy groups -OCH3 is 1. The molecule has 2 aromatic carbocycles. The van der Waals surface area contributed by atoms with Crippen molar-refractivity contribution in [2.24, 2.45) is 0 Å². The zero-order chi connectivity index (χ0) is 21.8. The summed E-state index contributed by atoms with van der Waals surface area (Å²) >= 11 is 1.62. The Morgan fingerprint density at radius 1 is 1.10 bits per heavy atom. The van der Waals surface area contributed by atoms with E-state index in [2.05, 4.69) is 4.90 Å². The van der Waals surface area contributed by atoms with E-state index < -0.39 is 9.84 Å². The highest BCUT2D eigenvalue weighted by molar-refractivity contribution is 7.91. The molecule has 0 aliphatic carbocycles. The number of carbonyl (C=O) groups excluding carboxylic acids is 1. The van der Waals surface area contributed by atoms with Crippen molar-refractivity contribution < 1.29 is 17.9 Å². The van der Waals surface area contributed by atoms with Gasteiger partial charge in [0.1, 0.15) is 5.75 Å². The Kier molecular flexibility index (Phi) is 6.43. The molecular formula is C22H25N3O4S2. The van der Waals surface area contributed by atoms with Crippen LogP contribution in [0.3, 0.4) is 0 Å². The van der Waals surface area contributed by atoms with Gasteiger partial charge in [0.05, 0.1) is 28.0 Å². The Morgan fingerprint density at radius 2 is 1.84 bits per heavy atom. The molecule has 0 spiro atoms. The first-order valence-electron chi connectivity index (χ1n) is 10.2. The van der Waals surface area contributed by atoms with E-state index in [1.54, 1.807) is 48.8 Å². The minimum Gasteiger partial charge on any atom is -0.497 e. The summed E-state index contributed by atoms with van der Waals surface area (Å²) < 4.78 is 31.1. The second kappa shape index (κ2) is 9.23. The molecule has 31 heavy (non-hydrogen) atoms. The SMILES string of the molecule is COc1ccc2nc(N3CCN(C(=O)CCCS(=O)(=O)c4ccccc4)CC3)sc2c1. The Labute approximate surface area is 186 Å². The van der Waals surface area contributed by atoms with Crippen molar-refractivity contribution in [3.05, 3.63) is 48.5 Å². The third kappa shape index (κ3) is 4.99. The van der Waals surface area contributed by atoms with Gasteiger partial charge in [-0.1, -0.05) is 29.5 Å². The third-order valence-electron chi connectivity index (χ3n) is 5.39. The Hall–Kier alpha value is -2.65. The number of amides is 1. The van der Waals surface area contributed by atoms with E-state index in [9.17, 15) is 13.2 Å². The van der Waals surface area contributed by atoms with E-state index in [-0.39, 0.29) is 18.1 Å². The lowest BCUT2D eigenvalue weighted by Crippen LogP contribution is -2.48. The summed E-state index contributed by atoms with van der Waals surface area (Å²) in [5.41, 5.74) is 0.943. The number of fused-ring (bicyclic) bond motifs is 1. The van der Waals surface area contributed by atoms with Gasteiger partial charge in [0, 0.05) is 32.6 Å². The number of benzene rings is 2. The van der Waals surface area contributed by atoms with Crippen molar-refractivity contribution >= 4 is 42.4 Å². The highest BCUT2D eigenvalue weighted by atomic mass is 32.2. The molecule has 4 rings (SSSR count). The van der Waals surface area contributed by atoms with Crippen LogP contribution in [-0.2, 0) is 14.6 Å². The van der Waals surface area contributed by atoms with Crippen molar-refractivity contribution in [3.63, 3.8) is 0 Å². The molecule has 0 saturated carbocycles. The molecule has 9 heteroatoms. The molecule has 1 aliphatic heterocycles. The van der Waals surface area contributed by atoms with E-state index in [0.717, 1.165) is 21.1 Å². The first-order valence-corrected chi connectivity index (χ1v) is 12.7. The smallest absolute Gasteiger partial charge is 0.222 e. The zero-order valence-corrected chi connectivity index (χ0v) is 19.0. The molecule has 0 bridgehead atoms. The molecule has 1 amide bonds. The number of hydrogen-bond acceptors (Lipinski definition) is 7. The monoisotopic (exact) mass is 459 g/mol. The number of aromatic nitrogens is 1. The molecule has 1 aliphatic rings. The summed E-state index contributed by atoms with van der Waals surface area (Å²) in [6.07, 6.45) is 0.572. The standard InChI is InChI=1S/C22H25N3O4S2/c1-29-17-9-10-19-20(16-17)30-22(23-19)25-13-11-24(12-14-25)21(26)8-5-15-31(27,28)18-6-3-2-4-7-18/h2-4,6-7,9-10,16H,5,8,11-15H2,1H3. The van der Waals surface area contributed by atoms with Gasteiger partial charge < -0.3 is 14.5 Å². The van der Waals surface area contributed by atoms with Crippen LogP contribution in [0.25, 0.3) is 10.2 Å². The van der Waals surface area contributed by atoms with E-state index in [1.165, 1.54) is 0 Å². The van der Waals surface area contributed by atoms with Gasteiger partial charge in [-0.2, -0.15) is 0 Å². The number of thiazole rings is 1. The van der Waals surface area contributed by atoms with Crippen LogP contribution in [0.1, 0.15) is 12.8 Å². The molecule has 1 saturated heterocycles. The highest BCUT2D eigenvalue weighted by Gasteiger charge is 2.23. The van der Waals surface area contributed by atoms with Crippen molar-refractivity contribution in [2.45, 2.75) is 17.7 Å². The number of nitrogens with zero attached hydrogens (tertiary/aromatic N) is 3. The quantitative estimate of drug-likeness (QED) is 0.540. The Balaban J connectivity index is 1.28. The normalized spacial score (nSPS) is 14.7. The molecular weight excluding hydrogens is 434 g/mol. The summed E-state index contributed by atoms with van der Waals surface area (Å²) in [5.74, 6) is 0.807. The summed E-state index contributed by atoms with van der Waals surface area (Å²) in [4.78, 5) is 21.6. The van der Waals surface area contributed by atoms with Crippen LogP contribution in [0.4, 0.5) is 5.13 Å². The molecule has 3 aromatic rings. The Bertz CT molecular complexity index is 1150. The summed E-state index contributed by atoms with van der Waals surface area (Å²) in [6.45, 7) is 2.66. The van der Waals surface area contributed by atoms with Crippen molar-refractivity contribution in [1.29, 1.82) is 0 Å². The molecule has 0 N–H and O–H groups in total. The summed E-state index contributed by atoms with van der Waals surface area (Å²) in [7, 11) is -1.69. The number of ether oxygens (including phenoxy) is 1. The van der Waals surface area contributed by atoms with Gasteiger partial charge in [0.2, 0.25) is 5.91 Å². The lowest BCUT2D eigenvalue weighted by Gasteiger charge is -2.34. The van der Waals surface area contributed by atoms with Gasteiger partial charge in [-0.3, -0.25) is 4.79 Å². The average molecular weight is 460 g/mol. The predicted molar refractivity (Wildman–Crippen MR) is 123 cm³/mol. The molecule has 7 nitrogen and oxygen atoms in total. The molecule has 0 unspecified atom stereocenters. The maximum atomic E-state index is 12.6.